The third kappa shape index (κ3) is 2.67. The minimum atomic E-state index is -1.27. The Morgan fingerprint density at radius 3 is 2.78 bits per heavy atom. The lowest BCUT2D eigenvalue weighted by Gasteiger charge is -2.41. The van der Waals surface area contributed by atoms with Gasteiger partial charge in [-0.05, 0) is 42.5 Å². The SMILES string of the molecule is N#CC1C(=O)NC(c2ncc(F)cc2F)=NC12CCCc1cc(F)ccc12. The molecule has 0 saturated heterocycles. The van der Waals surface area contributed by atoms with Crippen LogP contribution >= 0.6 is 0 Å². The molecule has 0 radical (unpaired) electrons. The highest BCUT2D eigenvalue weighted by Gasteiger charge is 2.50. The molecule has 1 amide bonds. The van der Waals surface area contributed by atoms with Gasteiger partial charge in [0.25, 0.3) is 0 Å². The third-order valence-corrected chi connectivity index (χ3v) is 4.99. The van der Waals surface area contributed by atoms with Crippen LogP contribution in [0.4, 0.5) is 13.2 Å². The summed E-state index contributed by atoms with van der Waals surface area (Å²) in [6, 6.07) is 6.75. The second-order valence-corrected chi connectivity index (χ2v) is 6.58. The highest BCUT2D eigenvalue weighted by molar-refractivity contribution is 6.10. The molecular weight excluding hydrogens is 357 g/mol. The molecule has 0 saturated carbocycles. The Kier molecular flexibility index (Phi) is 3.95. The van der Waals surface area contributed by atoms with Crippen molar-refractivity contribution >= 4 is 11.7 Å². The summed E-state index contributed by atoms with van der Waals surface area (Å²) in [4.78, 5) is 20.8. The summed E-state index contributed by atoms with van der Waals surface area (Å²) in [5.74, 6) is -4.23. The van der Waals surface area contributed by atoms with Crippen LogP contribution in [0.1, 0.15) is 29.7 Å². The molecular formula is C19H13F3N4O. The largest absolute Gasteiger partial charge is 0.308 e. The molecule has 2 aromatic rings. The summed E-state index contributed by atoms with van der Waals surface area (Å²) >= 11 is 0. The molecule has 27 heavy (non-hydrogen) atoms. The number of rotatable bonds is 1. The number of carbonyl (C=O) groups is 1. The number of hydrogen-bond acceptors (Lipinski definition) is 4. The molecule has 1 spiro atoms. The summed E-state index contributed by atoms with van der Waals surface area (Å²) in [7, 11) is 0. The summed E-state index contributed by atoms with van der Waals surface area (Å²) in [6.45, 7) is 0. The van der Waals surface area contributed by atoms with Gasteiger partial charge in [0, 0.05) is 6.07 Å². The summed E-state index contributed by atoms with van der Waals surface area (Å²) in [5, 5.41) is 12.0. The van der Waals surface area contributed by atoms with Gasteiger partial charge in [-0.1, -0.05) is 6.07 Å². The zero-order valence-electron chi connectivity index (χ0n) is 14.0. The van der Waals surface area contributed by atoms with Crippen molar-refractivity contribution < 1.29 is 18.0 Å². The number of aromatic nitrogens is 1. The zero-order valence-corrected chi connectivity index (χ0v) is 14.0. The van der Waals surface area contributed by atoms with Gasteiger partial charge in [-0.3, -0.25) is 9.79 Å². The van der Waals surface area contributed by atoms with Crippen LogP contribution in [0, 0.1) is 34.7 Å². The Labute approximate surface area is 152 Å². The van der Waals surface area contributed by atoms with Crippen molar-refractivity contribution in [2.45, 2.75) is 24.8 Å². The molecule has 1 aliphatic carbocycles. The van der Waals surface area contributed by atoms with E-state index in [2.05, 4.69) is 15.3 Å². The summed E-state index contributed by atoms with van der Waals surface area (Å²) in [6.07, 6.45) is 2.35. The average molecular weight is 370 g/mol. The maximum atomic E-state index is 14.2. The predicted molar refractivity (Wildman–Crippen MR) is 89.0 cm³/mol. The minimum absolute atomic E-state index is 0.166. The summed E-state index contributed by atoms with van der Waals surface area (Å²) < 4.78 is 41.0. The smallest absolute Gasteiger partial charge is 0.245 e. The Hall–Kier alpha value is -3.21. The van der Waals surface area contributed by atoms with E-state index in [1.54, 1.807) is 0 Å². The van der Waals surface area contributed by atoms with E-state index in [-0.39, 0.29) is 11.5 Å². The van der Waals surface area contributed by atoms with Crippen LogP contribution in [-0.2, 0) is 16.8 Å². The number of carbonyl (C=O) groups excluding carboxylic acids is 1. The predicted octanol–water partition coefficient (Wildman–Crippen LogP) is 2.75. The number of amidine groups is 1. The highest BCUT2D eigenvalue weighted by atomic mass is 19.1. The van der Waals surface area contributed by atoms with Crippen molar-refractivity contribution in [3.63, 3.8) is 0 Å². The lowest BCUT2D eigenvalue weighted by Crippen LogP contribution is -2.53. The van der Waals surface area contributed by atoms with Crippen molar-refractivity contribution in [2.24, 2.45) is 10.9 Å². The van der Waals surface area contributed by atoms with Gasteiger partial charge in [-0.2, -0.15) is 5.26 Å². The lowest BCUT2D eigenvalue weighted by atomic mass is 9.68. The number of benzene rings is 1. The van der Waals surface area contributed by atoms with Crippen LogP contribution in [0.2, 0.25) is 0 Å². The van der Waals surface area contributed by atoms with Crippen molar-refractivity contribution in [2.75, 3.05) is 0 Å². The topological polar surface area (TPSA) is 78.1 Å². The first kappa shape index (κ1) is 17.2. The van der Waals surface area contributed by atoms with Crippen LogP contribution in [0.25, 0.3) is 0 Å². The Bertz CT molecular complexity index is 1030. The van der Waals surface area contributed by atoms with Gasteiger partial charge < -0.3 is 5.32 Å². The van der Waals surface area contributed by atoms with E-state index in [1.807, 2.05) is 6.07 Å². The van der Waals surface area contributed by atoms with Crippen molar-refractivity contribution in [1.29, 1.82) is 5.26 Å². The molecule has 5 nitrogen and oxygen atoms in total. The molecule has 0 bridgehead atoms. The molecule has 4 rings (SSSR count). The second kappa shape index (κ2) is 6.20. The number of nitriles is 1. The molecule has 8 heteroatoms. The van der Waals surface area contributed by atoms with Gasteiger partial charge in [0.2, 0.25) is 5.91 Å². The number of pyridine rings is 1. The van der Waals surface area contributed by atoms with Crippen LogP contribution in [-0.4, -0.2) is 16.7 Å². The molecule has 2 unspecified atom stereocenters. The van der Waals surface area contributed by atoms with Crippen molar-refractivity contribution in [3.8, 4) is 6.07 Å². The van der Waals surface area contributed by atoms with E-state index in [4.69, 9.17) is 0 Å². The Morgan fingerprint density at radius 1 is 1.22 bits per heavy atom. The Morgan fingerprint density at radius 2 is 2.04 bits per heavy atom. The average Bonchev–Trinajstić information content (AvgIpc) is 2.61. The van der Waals surface area contributed by atoms with Gasteiger partial charge >= 0.3 is 0 Å². The number of amides is 1. The van der Waals surface area contributed by atoms with Gasteiger partial charge in [0.05, 0.1) is 12.3 Å². The number of halogens is 3. The normalized spacial score (nSPS) is 24.0. The van der Waals surface area contributed by atoms with Gasteiger partial charge in [-0.25, -0.2) is 18.2 Å². The Balaban J connectivity index is 1.95. The van der Waals surface area contributed by atoms with Gasteiger partial charge in [-0.15, -0.1) is 0 Å². The lowest BCUT2D eigenvalue weighted by molar-refractivity contribution is -0.124. The molecule has 1 aromatic carbocycles. The van der Waals surface area contributed by atoms with Gasteiger partial charge in [0.15, 0.2) is 17.6 Å². The van der Waals surface area contributed by atoms with E-state index < -0.39 is 34.8 Å². The number of nitrogens with zero attached hydrogens (tertiary/aromatic N) is 3. The van der Waals surface area contributed by atoms with Crippen molar-refractivity contribution in [3.05, 3.63) is 64.7 Å². The van der Waals surface area contributed by atoms with E-state index in [9.17, 15) is 23.2 Å². The van der Waals surface area contributed by atoms with Crippen LogP contribution < -0.4 is 5.32 Å². The number of nitrogens with one attached hydrogen (secondary N) is 1. The fourth-order valence-electron chi connectivity index (χ4n) is 3.85. The summed E-state index contributed by atoms with van der Waals surface area (Å²) in [5.41, 5.74) is -0.353. The van der Waals surface area contributed by atoms with Crippen LogP contribution in [0.15, 0.2) is 35.5 Å². The molecule has 2 aliphatic rings. The van der Waals surface area contributed by atoms with Crippen molar-refractivity contribution in [1.82, 2.24) is 10.3 Å². The number of aliphatic imine (C=N–C) groups is 1. The number of hydrogen-bond donors (Lipinski definition) is 1. The second-order valence-electron chi connectivity index (χ2n) is 6.58. The molecule has 1 aliphatic heterocycles. The zero-order chi connectivity index (χ0) is 19.2. The fraction of sp³-hybridized carbons (Fsp3) is 0.263. The van der Waals surface area contributed by atoms with E-state index in [0.717, 1.165) is 6.20 Å². The van der Waals surface area contributed by atoms with Gasteiger partial charge in [0.1, 0.15) is 22.9 Å². The monoisotopic (exact) mass is 370 g/mol. The third-order valence-electron chi connectivity index (χ3n) is 4.99. The first-order valence-electron chi connectivity index (χ1n) is 8.35. The van der Waals surface area contributed by atoms with E-state index in [1.165, 1.54) is 18.2 Å². The first-order chi connectivity index (χ1) is 12.9. The molecule has 1 N–H and O–H groups in total. The number of fused-ring (bicyclic) bond motifs is 2. The molecule has 1 aromatic heterocycles. The maximum Gasteiger partial charge on any atom is 0.245 e. The quantitative estimate of drug-likeness (QED) is 0.838. The standard InChI is InChI=1S/C19H13F3N4O/c20-11-3-4-13-10(6-11)2-1-5-19(13)14(8-23)18(27)25-17(26-19)16-15(22)7-12(21)9-24-16/h3-4,6-7,9,14H,1-2,5H2,(H,25,26,27). The van der Waals surface area contributed by atoms with Crippen LogP contribution in [0.5, 0.6) is 0 Å². The molecule has 0 fully saturated rings. The molecule has 2 atom stereocenters. The molecule has 2 heterocycles. The maximum absolute atomic E-state index is 14.2. The molecule has 136 valence electrons. The van der Waals surface area contributed by atoms with E-state index in [0.29, 0.717) is 36.5 Å². The highest BCUT2D eigenvalue weighted by Crippen LogP contribution is 2.46. The van der Waals surface area contributed by atoms with Crippen LogP contribution in [0.3, 0.4) is 0 Å². The first-order valence-corrected chi connectivity index (χ1v) is 8.35. The van der Waals surface area contributed by atoms with E-state index >= 15 is 0 Å². The minimum Gasteiger partial charge on any atom is -0.308 e. The fourth-order valence-corrected chi connectivity index (χ4v) is 3.85. The number of aryl methyl sites for hydroxylation is 1.